The Labute approximate surface area is 105 Å². The van der Waals surface area contributed by atoms with Crippen molar-refractivity contribution >= 4 is 43.4 Å². The summed E-state index contributed by atoms with van der Waals surface area (Å²) in [7, 11) is 0. The normalized spacial score (nSPS) is 13.3. The Bertz CT molecular complexity index is 551. The molecule has 3 rings (SSSR count). The summed E-state index contributed by atoms with van der Waals surface area (Å²) in [5.74, 6) is 5.65. The molecule has 3 aromatic heterocycles. The Morgan fingerprint density at radius 2 is 2.12 bits per heavy atom. The van der Waals surface area contributed by atoms with Gasteiger partial charge in [0, 0.05) is 14.3 Å². The van der Waals surface area contributed by atoms with Crippen LogP contribution in [0.3, 0.4) is 0 Å². The van der Waals surface area contributed by atoms with E-state index in [1.54, 1.807) is 22.7 Å². The first-order valence-electron chi connectivity index (χ1n) is 4.83. The van der Waals surface area contributed by atoms with Gasteiger partial charge in [0.2, 0.25) is 0 Å². The van der Waals surface area contributed by atoms with E-state index in [1.807, 2.05) is 11.3 Å². The van der Waals surface area contributed by atoms with E-state index in [-0.39, 0.29) is 6.04 Å². The predicted molar refractivity (Wildman–Crippen MR) is 73.2 cm³/mol. The van der Waals surface area contributed by atoms with E-state index in [0.29, 0.717) is 0 Å². The minimum atomic E-state index is 0.121. The molecule has 82 valence electrons. The lowest BCUT2D eigenvalue weighted by atomic mass is 10.1. The van der Waals surface area contributed by atoms with Gasteiger partial charge in [-0.3, -0.25) is 5.84 Å². The molecule has 0 aromatic carbocycles. The van der Waals surface area contributed by atoms with Crippen molar-refractivity contribution in [1.82, 2.24) is 5.43 Å². The maximum Gasteiger partial charge on any atom is 0.0811 e. The molecule has 0 bridgehead atoms. The summed E-state index contributed by atoms with van der Waals surface area (Å²) in [5.41, 5.74) is 4.13. The molecule has 5 heteroatoms. The summed E-state index contributed by atoms with van der Waals surface area (Å²) in [6.45, 7) is 0. The first-order valence-corrected chi connectivity index (χ1v) is 7.47. The van der Waals surface area contributed by atoms with Crippen LogP contribution in [0.2, 0.25) is 0 Å². The molecule has 2 nitrogen and oxygen atoms in total. The van der Waals surface area contributed by atoms with Gasteiger partial charge in [0.25, 0.3) is 0 Å². The van der Waals surface area contributed by atoms with E-state index >= 15 is 0 Å². The van der Waals surface area contributed by atoms with Crippen LogP contribution in [-0.2, 0) is 0 Å². The van der Waals surface area contributed by atoms with Crippen molar-refractivity contribution in [3.8, 4) is 0 Å². The number of hydrogen-bond donors (Lipinski definition) is 2. The molecule has 0 aliphatic carbocycles. The molecule has 0 radical (unpaired) electrons. The SMILES string of the molecule is NNC(c1ccsc1)c1cc2sccc2s1. The van der Waals surface area contributed by atoms with Crippen molar-refractivity contribution < 1.29 is 0 Å². The molecule has 1 atom stereocenters. The smallest absolute Gasteiger partial charge is 0.0811 e. The highest BCUT2D eigenvalue weighted by Crippen LogP contribution is 2.35. The highest BCUT2D eigenvalue weighted by molar-refractivity contribution is 7.27. The number of rotatable bonds is 3. The summed E-state index contributed by atoms with van der Waals surface area (Å²) in [4.78, 5) is 1.28. The Morgan fingerprint density at radius 3 is 2.81 bits per heavy atom. The van der Waals surface area contributed by atoms with Crippen molar-refractivity contribution in [2.45, 2.75) is 6.04 Å². The lowest BCUT2D eigenvalue weighted by Crippen LogP contribution is -2.27. The maximum atomic E-state index is 5.65. The van der Waals surface area contributed by atoms with Crippen molar-refractivity contribution in [2.24, 2.45) is 5.84 Å². The van der Waals surface area contributed by atoms with E-state index in [1.165, 1.54) is 19.8 Å². The molecule has 0 aliphatic rings. The Kier molecular flexibility index (Phi) is 2.79. The van der Waals surface area contributed by atoms with Gasteiger partial charge in [0.1, 0.15) is 0 Å². The van der Waals surface area contributed by atoms with Crippen LogP contribution in [0.5, 0.6) is 0 Å². The second-order valence-corrected chi connectivity index (χ2v) is 6.30. The first-order chi connectivity index (χ1) is 7.88. The number of thiophene rings is 3. The largest absolute Gasteiger partial charge is 0.271 e. The van der Waals surface area contributed by atoms with Gasteiger partial charge >= 0.3 is 0 Å². The van der Waals surface area contributed by atoms with Crippen LogP contribution in [0.1, 0.15) is 16.5 Å². The molecule has 0 amide bonds. The number of fused-ring (bicyclic) bond motifs is 1. The summed E-state index contributed by atoms with van der Waals surface area (Å²) >= 11 is 5.28. The second kappa shape index (κ2) is 4.27. The fraction of sp³-hybridized carbons (Fsp3) is 0.0909. The minimum absolute atomic E-state index is 0.121. The zero-order valence-electron chi connectivity index (χ0n) is 8.34. The van der Waals surface area contributed by atoms with Crippen LogP contribution in [0.4, 0.5) is 0 Å². The molecule has 3 aromatic rings. The monoisotopic (exact) mass is 266 g/mol. The van der Waals surface area contributed by atoms with Crippen molar-refractivity contribution in [1.29, 1.82) is 0 Å². The second-order valence-electron chi connectivity index (χ2n) is 3.45. The maximum absolute atomic E-state index is 5.65. The summed E-state index contributed by atoms with van der Waals surface area (Å²) < 4.78 is 2.69. The van der Waals surface area contributed by atoms with Gasteiger partial charge in [-0.25, -0.2) is 5.43 Å². The van der Waals surface area contributed by atoms with Gasteiger partial charge in [-0.05, 0) is 39.9 Å². The van der Waals surface area contributed by atoms with E-state index in [4.69, 9.17) is 5.84 Å². The molecule has 0 aliphatic heterocycles. The number of hydrazine groups is 1. The predicted octanol–water partition coefficient (Wildman–Crippen LogP) is 3.58. The van der Waals surface area contributed by atoms with E-state index in [2.05, 4.69) is 39.8 Å². The van der Waals surface area contributed by atoms with E-state index < -0.39 is 0 Å². The quantitative estimate of drug-likeness (QED) is 0.562. The number of hydrogen-bond acceptors (Lipinski definition) is 5. The molecule has 16 heavy (non-hydrogen) atoms. The molecular formula is C11H10N2S3. The third-order valence-electron chi connectivity index (χ3n) is 2.49. The van der Waals surface area contributed by atoms with Gasteiger partial charge in [-0.2, -0.15) is 11.3 Å². The summed E-state index contributed by atoms with van der Waals surface area (Å²) in [6, 6.07) is 6.63. The average molecular weight is 266 g/mol. The molecule has 3 heterocycles. The van der Waals surface area contributed by atoms with Crippen LogP contribution < -0.4 is 11.3 Å². The molecular weight excluding hydrogens is 256 g/mol. The third-order valence-corrected chi connectivity index (χ3v) is 5.35. The van der Waals surface area contributed by atoms with Crippen LogP contribution in [0, 0.1) is 0 Å². The van der Waals surface area contributed by atoms with Gasteiger partial charge in [0.05, 0.1) is 6.04 Å². The highest BCUT2D eigenvalue weighted by Gasteiger charge is 2.15. The first kappa shape index (κ1) is 10.4. The van der Waals surface area contributed by atoms with Gasteiger partial charge < -0.3 is 0 Å². The fourth-order valence-corrected chi connectivity index (χ4v) is 4.60. The molecule has 0 spiro atoms. The summed E-state index contributed by atoms with van der Waals surface area (Å²) in [6.07, 6.45) is 0. The molecule has 0 fully saturated rings. The Balaban J connectivity index is 2.04. The highest BCUT2D eigenvalue weighted by atomic mass is 32.1. The molecule has 0 saturated carbocycles. The van der Waals surface area contributed by atoms with Crippen molar-refractivity contribution in [3.05, 3.63) is 44.8 Å². The fourth-order valence-electron chi connectivity index (χ4n) is 1.71. The minimum Gasteiger partial charge on any atom is -0.271 e. The van der Waals surface area contributed by atoms with Gasteiger partial charge in [-0.15, -0.1) is 22.7 Å². The zero-order chi connectivity index (χ0) is 11.0. The van der Waals surface area contributed by atoms with Crippen LogP contribution in [0.15, 0.2) is 34.3 Å². The van der Waals surface area contributed by atoms with Crippen LogP contribution >= 0.6 is 34.0 Å². The standard InChI is InChI=1S/C11H10N2S3/c12-13-11(7-1-3-14-6-7)10-5-9-8(16-10)2-4-15-9/h1-6,11,13H,12H2. The number of nitrogens with two attached hydrogens (primary N) is 1. The van der Waals surface area contributed by atoms with Crippen molar-refractivity contribution in [2.75, 3.05) is 0 Å². The van der Waals surface area contributed by atoms with Crippen molar-refractivity contribution in [3.63, 3.8) is 0 Å². The lowest BCUT2D eigenvalue weighted by molar-refractivity contribution is 0.649. The van der Waals surface area contributed by atoms with Gasteiger partial charge in [-0.1, -0.05) is 0 Å². The molecule has 1 unspecified atom stereocenters. The molecule has 3 N–H and O–H groups in total. The molecule has 0 saturated heterocycles. The van der Waals surface area contributed by atoms with Gasteiger partial charge in [0.15, 0.2) is 0 Å². The average Bonchev–Trinajstić information content (AvgIpc) is 2.91. The summed E-state index contributed by atoms with van der Waals surface area (Å²) in [5, 5.41) is 6.34. The van der Waals surface area contributed by atoms with E-state index in [9.17, 15) is 0 Å². The van der Waals surface area contributed by atoms with Crippen LogP contribution in [0.25, 0.3) is 9.40 Å². The van der Waals surface area contributed by atoms with Crippen LogP contribution in [-0.4, -0.2) is 0 Å². The van der Waals surface area contributed by atoms with E-state index in [0.717, 1.165) is 0 Å². The third kappa shape index (κ3) is 1.70. The zero-order valence-corrected chi connectivity index (χ0v) is 10.8. The lowest BCUT2D eigenvalue weighted by Gasteiger charge is -2.11. The Morgan fingerprint density at radius 1 is 1.19 bits per heavy atom. The Hall–Kier alpha value is -0.720. The topological polar surface area (TPSA) is 38.0 Å². The number of nitrogens with one attached hydrogen (secondary N) is 1.